The molecule has 3 aromatic carbocycles. The first-order valence-corrected chi connectivity index (χ1v) is 15.2. The van der Waals surface area contributed by atoms with Gasteiger partial charge in [0.2, 0.25) is 0 Å². The van der Waals surface area contributed by atoms with Gasteiger partial charge in [-0.2, -0.15) is 11.3 Å². The van der Waals surface area contributed by atoms with Crippen LogP contribution in [-0.4, -0.2) is 7.11 Å². The number of benzene rings is 3. The largest absolute Gasteiger partial charge is 0.497 e. The number of allylic oxidation sites excluding steroid dienone is 1. The van der Waals surface area contributed by atoms with Crippen molar-refractivity contribution in [3.63, 3.8) is 0 Å². The van der Waals surface area contributed by atoms with Crippen LogP contribution in [0, 0.1) is 0 Å². The third-order valence-electron chi connectivity index (χ3n) is 6.44. The van der Waals surface area contributed by atoms with Crippen molar-refractivity contribution < 1.29 is 14.0 Å². The Balaban J connectivity index is 1.71. The van der Waals surface area contributed by atoms with Gasteiger partial charge in [-0.05, 0) is 40.1 Å². The average molecular weight is 527 g/mol. The van der Waals surface area contributed by atoms with Gasteiger partial charge < -0.3 is 14.0 Å². The fraction of sp³-hybridized carbons (Fsp3) is 0.0667. The Bertz CT molecular complexity index is 1480. The summed E-state index contributed by atoms with van der Waals surface area (Å²) >= 11 is 3.11. The molecule has 178 valence electrons. The van der Waals surface area contributed by atoms with Gasteiger partial charge in [0, 0.05) is 27.9 Å². The highest BCUT2D eigenvalue weighted by Crippen LogP contribution is 2.67. The zero-order chi connectivity index (χ0) is 24.5. The van der Waals surface area contributed by atoms with Gasteiger partial charge in [0.05, 0.1) is 11.7 Å². The molecule has 2 unspecified atom stereocenters. The lowest BCUT2D eigenvalue weighted by Crippen LogP contribution is -2.19. The van der Waals surface area contributed by atoms with E-state index in [1.165, 1.54) is 0 Å². The summed E-state index contributed by atoms with van der Waals surface area (Å²) in [5.74, 6) is 2.10. The molecule has 0 spiro atoms. The van der Waals surface area contributed by atoms with Gasteiger partial charge in [-0.25, -0.2) is 0 Å². The molecule has 1 aliphatic heterocycles. The predicted octanol–water partition coefficient (Wildman–Crippen LogP) is 7.73. The molecule has 0 saturated carbocycles. The topological polar surface area (TPSA) is 35.5 Å². The lowest BCUT2D eigenvalue weighted by atomic mass is 9.95. The van der Waals surface area contributed by atoms with Crippen molar-refractivity contribution in [2.45, 2.75) is 5.66 Å². The minimum atomic E-state index is -3.18. The smallest absolute Gasteiger partial charge is 0.168 e. The third kappa shape index (κ3) is 3.84. The van der Waals surface area contributed by atoms with Crippen LogP contribution in [0.15, 0.2) is 119 Å². The van der Waals surface area contributed by atoms with Crippen LogP contribution in [0.5, 0.6) is 11.5 Å². The molecular formula is C30H23O3PS2. The average Bonchev–Trinajstić information content (AvgIpc) is 3.71. The minimum absolute atomic E-state index is 0.470. The van der Waals surface area contributed by atoms with E-state index in [-0.39, 0.29) is 0 Å². The van der Waals surface area contributed by atoms with Crippen molar-refractivity contribution >= 4 is 45.3 Å². The number of ether oxygens (including phenoxy) is 2. The Kier molecular flexibility index (Phi) is 6.14. The van der Waals surface area contributed by atoms with E-state index in [0.29, 0.717) is 17.3 Å². The zero-order valence-corrected chi connectivity index (χ0v) is 22.1. The van der Waals surface area contributed by atoms with Crippen LogP contribution in [-0.2, 0) is 4.57 Å². The summed E-state index contributed by atoms with van der Waals surface area (Å²) in [6.45, 7) is 0. The first-order chi connectivity index (χ1) is 17.7. The summed E-state index contributed by atoms with van der Waals surface area (Å²) in [7, 11) is -1.53. The number of fused-ring (bicyclic) bond motifs is 1. The Hall–Kier alpha value is -3.37. The van der Waals surface area contributed by atoms with E-state index < -0.39 is 12.8 Å². The Morgan fingerprint density at radius 1 is 0.861 bits per heavy atom. The van der Waals surface area contributed by atoms with Crippen LogP contribution in [0.1, 0.15) is 22.3 Å². The zero-order valence-electron chi connectivity index (χ0n) is 19.5. The van der Waals surface area contributed by atoms with E-state index >= 15 is 4.57 Å². The normalized spacial score (nSPS) is 16.1. The highest BCUT2D eigenvalue weighted by Gasteiger charge is 2.48. The van der Waals surface area contributed by atoms with Crippen molar-refractivity contribution in [1.29, 1.82) is 0 Å². The maximum atomic E-state index is 15.5. The number of hydrogen-bond donors (Lipinski definition) is 0. The SMILES string of the molecule is COc1ccc2c(c1)OC(=C(c1ccccc1)c1ccccc1)C2P(=O)(c1ccsc1)c1cccs1. The molecule has 0 fully saturated rings. The van der Waals surface area contributed by atoms with Crippen LogP contribution in [0.2, 0.25) is 0 Å². The first-order valence-electron chi connectivity index (χ1n) is 11.6. The second-order valence-corrected chi connectivity index (χ2v) is 13.3. The van der Waals surface area contributed by atoms with Crippen LogP contribution in [0.3, 0.4) is 0 Å². The van der Waals surface area contributed by atoms with Gasteiger partial charge in [-0.1, -0.05) is 72.8 Å². The summed E-state index contributed by atoms with van der Waals surface area (Å²) < 4.78 is 28.6. The Labute approximate surface area is 218 Å². The molecule has 0 radical (unpaired) electrons. The molecule has 6 rings (SSSR count). The van der Waals surface area contributed by atoms with Gasteiger partial charge in [0.25, 0.3) is 0 Å². The van der Waals surface area contributed by atoms with Gasteiger partial charge in [0.15, 0.2) is 7.14 Å². The second kappa shape index (κ2) is 9.59. The molecule has 0 aliphatic carbocycles. The van der Waals surface area contributed by atoms with Crippen molar-refractivity contribution in [1.82, 2.24) is 0 Å². The van der Waals surface area contributed by atoms with Crippen molar-refractivity contribution in [2.24, 2.45) is 0 Å². The van der Waals surface area contributed by atoms with E-state index in [9.17, 15) is 0 Å². The maximum Gasteiger partial charge on any atom is 0.168 e. The lowest BCUT2D eigenvalue weighted by molar-refractivity contribution is 0.406. The monoisotopic (exact) mass is 526 g/mol. The van der Waals surface area contributed by atoms with Gasteiger partial charge in [-0.15, -0.1) is 11.3 Å². The van der Waals surface area contributed by atoms with Crippen LogP contribution < -0.4 is 19.4 Å². The molecule has 3 nitrogen and oxygen atoms in total. The molecule has 36 heavy (non-hydrogen) atoms. The molecule has 2 aromatic heterocycles. The van der Waals surface area contributed by atoms with E-state index in [2.05, 4.69) is 24.3 Å². The number of hydrogen-bond acceptors (Lipinski definition) is 5. The summed E-state index contributed by atoms with van der Waals surface area (Å²) in [6.07, 6.45) is 0. The van der Waals surface area contributed by atoms with Crippen LogP contribution in [0.25, 0.3) is 5.57 Å². The molecule has 0 amide bonds. The van der Waals surface area contributed by atoms with Gasteiger partial charge in [-0.3, -0.25) is 0 Å². The van der Waals surface area contributed by atoms with Crippen LogP contribution >= 0.6 is 29.8 Å². The molecule has 2 atom stereocenters. The van der Waals surface area contributed by atoms with E-state index in [0.717, 1.165) is 32.2 Å². The number of thiophene rings is 2. The molecule has 6 heteroatoms. The minimum Gasteiger partial charge on any atom is -0.497 e. The van der Waals surface area contributed by atoms with Crippen molar-refractivity contribution in [3.8, 4) is 11.5 Å². The second-order valence-electron chi connectivity index (χ2n) is 8.47. The molecule has 0 saturated heterocycles. The van der Waals surface area contributed by atoms with E-state index in [1.54, 1.807) is 29.8 Å². The molecule has 1 aliphatic rings. The first kappa shape index (κ1) is 23.1. The molecule has 0 bridgehead atoms. The summed E-state index contributed by atoms with van der Waals surface area (Å²) in [5, 5.41) is 6.87. The Morgan fingerprint density at radius 3 is 2.17 bits per heavy atom. The fourth-order valence-electron chi connectivity index (χ4n) is 4.79. The standard InChI is InChI=1S/C30H23O3PS2/c1-32-23-14-15-25-26(19-23)33-29(28(21-9-4-2-5-10-21)22-11-6-3-7-12-22)30(25)34(31,24-16-18-35-20-24)27-13-8-17-36-27/h2-20,30H,1H3. The maximum absolute atomic E-state index is 15.5. The van der Waals surface area contributed by atoms with Crippen molar-refractivity contribution in [3.05, 3.63) is 136 Å². The predicted molar refractivity (Wildman–Crippen MR) is 151 cm³/mol. The number of methoxy groups -OCH3 is 1. The van der Waals surface area contributed by atoms with Crippen LogP contribution in [0.4, 0.5) is 0 Å². The van der Waals surface area contributed by atoms with Gasteiger partial charge in [0.1, 0.15) is 22.9 Å². The lowest BCUT2D eigenvalue weighted by Gasteiger charge is -2.25. The quantitative estimate of drug-likeness (QED) is 0.213. The summed E-state index contributed by atoms with van der Waals surface area (Å²) in [5.41, 5.74) is 3.43. The molecular weight excluding hydrogens is 503 g/mol. The molecule has 0 N–H and O–H groups in total. The third-order valence-corrected chi connectivity index (χ3v) is 12.2. The van der Waals surface area contributed by atoms with E-state index in [4.69, 9.17) is 9.47 Å². The molecule has 3 heterocycles. The highest BCUT2D eigenvalue weighted by atomic mass is 32.1. The summed E-state index contributed by atoms with van der Waals surface area (Å²) in [6, 6.07) is 32.2. The molecule has 5 aromatic rings. The van der Waals surface area contributed by atoms with Gasteiger partial charge >= 0.3 is 0 Å². The number of rotatable bonds is 6. The fourth-order valence-corrected chi connectivity index (χ4v) is 10.6. The Morgan fingerprint density at radius 2 is 1.58 bits per heavy atom. The summed E-state index contributed by atoms with van der Waals surface area (Å²) in [4.78, 5) is 0. The van der Waals surface area contributed by atoms with Crippen molar-refractivity contribution in [2.75, 3.05) is 7.11 Å². The van der Waals surface area contributed by atoms with E-state index in [1.807, 2.05) is 88.9 Å². The highest BCUT2D eigenvalue weighted by molar-refractivity contribution is 7.83.